The summed E-state index contributed by atoms with van der Waals surface area (Å²) in [7, 11) is -0.523. The highest BCUT2D eigenvalue weighted by molar-refractivity contribution is 6.66. The van der Waals surface area contributed by atoms with E-state index in [9.17, 15) is 5.11 Å². The van der Waals surface area contributed by atoms with Crippen molar-refractivity contribution in [2.45, 2.75) is 33.0 Å². The maximum Gasteiger partial charge on any atom is 0.564 e. The van der Waals surface area contributed by atoms with Gasteiger partial charge in [0.25, 0.3) is 0 Å². The quantitative estimate of drug-likeness (QED) is 0.835. The van der Waals surface area contributed by atoms with E-state index in [1.807, 2.05) is 39.0 Å². The number of allylic oxidation sites excluding steroid dienone is 1. The Morgan fingerprint density at radius 1 is 1.44 bits per heavy atom. The fourth-order valence-corrected chi connectivity index (χ4v) is 2.33. The van der Waals surface area contributed by atoms with E-state index in [4.69, 9.17) is 20.9 Å². The second kappa shape index (κ2) is 4.96. The SMILES string of the molecule is C/C=C1/OB(c2cccc(CO)c2Cl)OC1(C)C. The lowest BCUT2D eigenvalue weighted by molar-refractivity contribution is 0.172. The van der Waals surface area contributed by atoms with Crippen LogP contribution in [-0.4, -0.2) is 17.8 Å². The Labute approximate surface area is 113 Å². The Morgan fingerprint density at radius 3 is 2.72 bits per heavy atom. The Balaban J connectivity index is 2.35. The first kappa shape index (κ1) is 13.5. The van der Waals surface area contributed by atoms with Crippen molar-refractivity contribution in [3.63, 3.8) is 0 Å². The summed E-state index contributed by atoms with van der Waals surface area (Å²) in [6.07, 6.45) is 1.89. The number of hydrogen-bond donors (Lipinski definition) is 1. The molecule has 18 heavy (non-hydrogen) atoms. The molecule has 1 N–H and O–H groups in total. The highest BCUT2D eigenvalue weighted by Crippen LogP contribution is 2.31. The van der Waals surface area contributed by atoms with Crippen molar-refractivity contribution in [1.82, 2.24) is 0 Å². The standard InChI is InChI=1S/C13H16BClO3/c1-4-11-13(2,3)18-14(17-11)10-7-5-6-9(8-16)12(10)15/h4-7,16H,8H2,1-3H3/b11-4+. The van der Waals surface area contributed by atoms with E-state index in [2.05, 4.69) is 0 Å². The third-order valence-electron chi connectivity index (χ3n) is 3.02. The summed E-state index contributed by atoms with van der Waals surface area (Å²) in [5.41, 5.74) is 0.957. The smallest absolute Gasteiger partial charge is 0.533 e. The minimum absolute atomic E-state index is 0.0980. The van der Waals surface area contributed by atoms with Crippen LogP contribution in [0.25, 0.3) is 0 Å². The van der Waals surface area contributed by atoms with Crippen LogP contribution in [0.1, 0.15) is 26.3 Å². The van der Waals surface area contributed by atoms with Gasteiger partial charge < -0.3 is 14.4 Å². The van der Waals surface area contributed by atoms with Gasteiger partial charge in [-0.25, -0.2) is 0 Å². The van der Waals surface area contributed by atoms with Gasteiger partial charge in [-0.05, 0) is 32.4 Å². The van der Waals surface area contributed by atoms with E-state index in [0.717, 1.165) is 11.2 Å². The van der Waals surface area contributed by atoms with Crippen LogP contribution in [0.15, 0.2) is 30.0 Å². The summed E-state index contributed by atoms with van der Waals surface area (Å²) in [5.74, 6) is 0.790. The number of hydrogen-bond acceptors (Lipinski definition) is 3. The molecule has 0 aliphatic carbocycles. The highest BCUT2D eigenvalue weighted by atomic mass is 35.5. The van der Waals surface area contributed by atoms with Crippen molar-refractivity contribution in [3.05, 3.63) is 40.6 Å². The number of aliphatic hydroxyl groups excluding tert-OH is 1. The molecule has 5 heteroatoms. The summed E-state index contributed by atoms with van der Waals surface area (Å²) in [6, 6.07) is 5.46. The van der Waals surface area contributed by atoms with Crippen molar-refractivity contribution in [2.75, 3.05) is 0 Å². The minimum Gasteiger partial charge on any atom is -0.533 e. The van der Waals surface area contributed by atoms with E-state index in [-0.39, 0.29) is 6.61 Å². The predicted octanol–water partition coefficient (Wildman–Crippen LogP) is 2.26. The van der Waals surface area contributed by atoms with Crippen LogP contribution in [0.3, 0.4) is 0 Å². The molecule has 1 fully saturated rings. The maximum atomic E-state index is 9.21. The zero-order valence-corrected chi connectivity index (χ0v) is 11.5. The number of rotatable bonds is 2. The first-order chi connectivity index (χ1) is 8.49. The Bertz CT molecular complexity index is 485. The summed E-state index contributed by atoms with van der Waals surface area (Å²) >= 11 is 6.23. The van der Waals surface area contributed by atoms with Gasteiger partial charge in [0.2, 0.25) is 0 Å². The molecule has 96 valence electrons. The monoisotopic (exact) mass is 266 g/mol. The predicted molar refractivity (Wildman–Crippen MR) is 72.8 cm³/mol. The fourth-order valence-electron chi connectivity index (χ4n) is 2.05. The molecule has 0 radical (unpaired) electrons. The molecule has 1 aromatic rings. The molecular weight excluding hydrogens is 250 g/mol. The van der Waals surface area contributed by atoms with E-state index in [0.29, 0.717) is 10.6 Å². The lowest BCUT2D eigenvalue weighted by Crippen LogP contribution is -2.35. The summed E-state index contributed by atoms with van der Waals surface area (Å²) in [6.45, 7) is 5.71. The molecule has 0 saturated carbocycles. The zero-order chi connectivity index (χ0) is 13.3. The van der Waals surface area contributed by atoms with Gasteiger partial charge in [0, 0.05) is 10.5 Å². The Kier molecular flexibility index (Phi) is 3.71. The summed E-state index contributed by atoms with van der Waals surface area (Å²) < 4.78 is 11.6. The van der Waals surface area contributed by atoms with Crippen LogP contribution in [0, 0.1) is 0 Å². The average Bonchev–Trinajstić information content (AvgIpc) is 2.64. The molecule has 0 unspecified atom stereocenters. The second-order valence-electron chi connectivity index (χ2n) is 4.71. The molecule has 0 amide bonds. The van der Waals surface area contributed by atoms with Crippen LogP contribution < -0.4 is 5.46 Å². The second-order valence-corrected chi connectivity index (χ2v) is 5.09. The molecule has 1 aromatic carbocycles. The van der Waals surface area contributed by atoms with Gasteiger partial charge in [-0.3, -0.25) is 0 Å². The molecule has 1 saturated heterocycles. The van der Waals surface area contributed by atoms with Gasteiger partial charge in [0.05, 0.1) is 6.61 Å². The van der Waals surface area contributed by atoms with Crippen molar-refractivity contribution >= 4 is 24.2 Å². The number of aliphatic hydroxyl groups is 1. The van der Waals surface area contributed by atoms with E-state index < -0.39 is 12.7 Å². The summed E-state index contributed by atoms with van der Waals surface area (Å²) in [4.78, 5) is 0. The molecule has 1 aliphatic rings. The van der Waals surface area contributed by atoms with Gasteiger partial charge in [-0.2, -0.15) is 0 Å². The minimum atomic E-state index is -0.523. The molecule has 1 aliphatic heterocycles. The van der Waals surface area contributed by atoms with Gasteiger partial charge in [0.1, 0.15) is 11.4 Å². The van der Waals surface area contributed by atoms with Crippen molar-refractivity contribution in [3.8, 4) is 0 Å². The first-order valence-corrected chi connectivity index (χ1v) is 6.27. The van der Waals surface area contributed by atoms with Crippen LogP contribution in [0.5, 0.6) is 0 Å². The van der Waals surface area contributed by atoms with Crippen LogP contribution in [0.4, 0.5) is 0 Å². The Hall–Kier alpha value is -0.965. The van der Waals surface area contributed by atoms with Gasteiger partial charge in [0.15, 0.2) is 0 Å². The lowest BCUT2D eigenvalue weighted by Gasteiger charge is -2.16. The molecule has 0 atom stereocenters. The van der Waals surface area contributed by atoms with Gasteiger partial charge in [-0.1, -0.05) is 29.8 Å². The van der Waals surface area contributed by atoms with E-state index >= 15 is 0 Å². The van der Waals surface area contributed by atoms with Crippen LogP contribution in [-0.2, 0) is 15.9 Å². The average molecular weight is 267 g/mol. The maximum absolute atomic E-state index is 9.21. The largest absolute Gasteiger partial charge is 0.564 e. The molecule has 1 heterocycles. The molecular formula is C13H16BClO3. The molecule has 0 spiro atoms. The summed E-state index contributed by atoms with van der Waals surface area (Å²) in [5, 5.41) is 9.71. The normalized spacial score (nSPS) is 20.3. The first-order valence-electron chi connectivity index (χ1n) is 5.89. The topological polar surface area (TPSA) is 38.7 Å². The third kappa shape index (κ3) is 2.28. The highest BCUT2D eigenvalue weighted by Gasteiger charge is 2.44. The molecule has 0 bridgehead atoms. The molecule has 3 nitrogen and oxygen atoms in total. The molecule has 2 rings (SSSR count). The van der Waals surface area contributed by atoms with Gasteiger partial charge in [-0.15, -0.1) is 0 Å². The van der Waals surface area contributed by atoms with Crippen LogP contribution in [0.2, 0.25) is 5.02 Å². The number of benzene rings is 1. The van der Waals surface area contributed by atoms with Crippen molar-refractivity contribution < 1.29 is 14.4 Å². The van der Waals surface area contributed by atoms with Crippen molar-refractivity contribution in [2.24, 2.45) is 0 Å². The Morgan fingerprint density at radius 2 is 2.17 bits per heavy atom. The lowest BCUT2D eigenvalue weighted by atomic mass is 9.78. The fraction of sp³-hybridized carbons (Fsp3) is 0.385. The number of halogens is 1. The third-order valence-corrected chi connectivity index (χ3v) is 3.49. The van der Waals surface area contributed by atoms with Crippen LogP contribution >= 0.6 is 11.6 Å². The van der Waals surface area contributed by atoms with E-state index in [1.165, 1.54) is 0 Å². The van der Waals surface area contributed by atoms with Gasteiger partial charge >= 0.3 is 7.12 Å². The zero-order valence-electron chi connectivity index (χ0n) is 10.7. The molecule has 0 aromatic heterocycles. The van der Waals surface area contributed by atoms with Crippen molar-refractivity contribution in [1.29, 1.82) is 0 Å². The van der Waals surface area contributed by atoms with E-state index in [1.54, 1.807) is 6.07 Å².